The quantitative estimate of drug-likeness (QED) is 0.268. The van der Waals surface area contributed by atoms with Crippen molar-refractivity contribution in [2.45, 2.75) is 32.5 Å². The summed E-state index contributed by atoms with van der Waals surface area (Å²) in [4.78, 5) is 25.0. The number of aryl methyl sites for hydroxylation is 1. The summed E-state index contributed by atoms with van der Waals surface area (Å²) in [5, 5.41) is 4.01. The highest BCUT2D eigenvalue weighted by Gasteiger charge is 2.30. The zero-order valence-corrected chi connectivity index (χ0v) is 23.3. The molecular weight excluding hydrogens is 519 g/mol. The molecule has 0 unspecified atom stereocenters. The standard InChI is InChI=1S/C30H32F3N5O2/c1-18(20-8-7-9-22(14-20)30(31,32)33)34-29-25-17-24(10-12-26(25)35-19(2)36-29)38(5)23-11-13-27(40-6)21(15-23)16-28(39)37(3)4/h7-15,17-18H,16H2,1-6H3,(H,34,35,36)/t18-/m0/s1. The molecule has 4 rings (SSSR count). The molecule has 210 valence electrons. The molecule has 0 radical (unpaired) electrons. The van der Waals surface area contributed by atoms with Gasteiger partial charge in [-0.2, -0.15) is 13.2 Å². The minimum absolute atomic E-state index is 0.0399. The van der Waals surface area contributed by atoms with E-state index in [0.717, 1.165) is 34.5 Å². The largest absolute Gasteiger partial charge is 0.496 e. The average molecular weight is 552 g/mol. The normalized spacial score (nSPS) is 12.2. The van der Waals surface area contributed by atoms with Crippen molar-refractivity contribution in [1.82, 2.24) is 14.9 Å². The number of carbonyl (C=O) groups is 1. The van der Waals surface area contributed by atoms with Crippen molar-refractivity contribution in [3.05, 3.63) is 83.2 Å². The van der Waals surface area contributed by atoms with Crippen molar-refractivity contribution in [2.24, 2.45) is 0 Å². The number of hydrogen-bond acceptors (Lipinski definition) is 6. The first-order valence-electron chi connectivity index (χ1n) is 12.7. The van der Waals surface area contributed by atoms with Crippen LogP contribution in [0.15, 0.2) is 60.7 Å². The van der Waals surface area contributed by atoms with Gasteiger partial charge in [-0.05, 0) is 67.9 Å². The van der Waals surface area contributed by atoms with E-state index in [4.69, 9.17) is 4.74 Å². The Hall–Kier alpha value is -4.34. The van der Waals surface area contributed by atoms with Crippen molar-refractivity contribution in [3.8, 4) is 5.75 Å². The molecule has 0 bridgehead atoms. The molecule has 7 nitrogen and oxygen atoms in total. The van der Waals surface area contributed by atoms with Crippen LogP contribution in [0.3, 0.4) is 0 Å². The van der Waals surface area contributed by atoms with Gasteiger partial charge in [0, 0.05) is 49.5 Å². The Morgan fingerprint density at radius 3 is 2.38 bits per heavy atom. The van der Waals surface area contributed by atoms with Crippen LogP contribution >= 0.6 is 0 Å². The summed E-state index contributed by atoms with van der Waals surface area (Å²) in [7, 11) is 6.91. The van der Waals surface area contributed by atoms with Gasteiger partial charge in [0.2, 0.25) is 5.91 Å². The van der Waals surface area contributed by atoms with E-state index in [1.54, 1.807) is 41.1 Å². The topological polar surface area (TPSA) is 70.6 Å². The van der Waals surface area contributed by atoms with Crippen molar-refractivity contribution < 1.29 is 22.7 Å². The molecule has 3 aromatic carbocycles. The SMILES string of the molecule is COc1ccc(N(C)c2ccc3nc(C)nc(N[C@@H](C)c4cccc(C(F)(F)F)c4)c3c2)cc1CC(=O)N(C)C. The van der Waals surface area contributed by atoms with Crippen LogP contribution in [0.4, 0.5) is 30.4 Å². The lowest BCUT2D eigenvalue weighted by Crippen LogP contribution is -2.23. The Morgan fingerprint density at radius 1 is 1.00 bits per heavy atom. The number of ether oxygens (including phenoxy) is 1. The number of methoxy groups -OCH3 is 1. The highest BCUT2D eigenvalue weighted by molar-refractivity contribution is 5.92. The number of amides is 1. The number of nitrogens with one attached hydrogen (secondary N) is 1. The van der Waals surface area contributed by atoms with E-state index < -0.39 is 17.8 Å². The molecule has 0 fully saturated rings. The molecule has 0 aliphatic rings. The van der Waals surface area contributed by atoms with Crippen molar-refractivity contribution in [2.75, 3.05) is 38.5 Å². The first kappa shape index (κ1) is 28.7. The first-order chi connectivity index (χ1) is 18.9. The average Bonchev–Trinajstić information content (AvgIpc) is 2.91. The van der Waals surface area contributed by atoms with Gasteiger partial charge in [-0.25, -0.2) is 9.97 Å². The lowest BCUT2D eigenvalue weighted by atomic mass is 10.0. The summed E-state index contributed by atoms with van der Waals surface area (Å²) >= 11 is 0. The Labute approximate surface area is 231 Å². The summed E-state index contributed by atoms with van der Waals surface area (Å²) < 4.78 is 45.3. The summed E-state index contributed by atoms with van der Waals surface area (Å²) in [6, 6.07) is 16.2. The molecular formula is C30H32F3N5O2. The predicted molar refractivity (Wildman–Crippen MR) is 151 cm³/mol. The van der Waals surface area contributed by atoms with Gasteiger partial charge in [0.15, 0.2) is 0 Å². The maximum atomic E-state index is 13.3. The third kappa shape index (κ3) is 6.27. The molecule has 1 aromatic heterocycles. The monoisotopic (exact) mass is 551 g/mol. The van der Waals surface area contributed by atoms with E-state index in [1.165, 1.54) is 11.0 Å². The number of nitrogens with zero attached hydrogens (tertiary/aromatic N) is 4. The van der Waals surface area contributed by atoms with Gasteiger partial charge in [-0.15, -0.1) is 0 Å². The number of alkyl halides is 3. The Bertz CT molecular complexity index is 1540. The molecule has 0 aliphatic heterocycles. The molecule has 1 heterocycles. The molecule has 0 saturated carbocycles. The fraction of sp³-hybridized carbons (Fsp3) is 0.300. The summed E-state index contributed by atoms with van der Waals surface area (Å²) in [5.41, 5.74) is 2.95. The predicted octanol–water partition coefficient (Wildman–Crippen LogP) is 6.54. The van der Waals surface area contributed by atoms with Crippen molar-refractivity contribution in [3.63, 3.8) is 0 Å². The van der Waals surface area contributed by atoms with Gasteiger partial charge in [-0.3, -0.25) is 4.79 Å². The second kappa shape index (κ2) is 11.4. The van der Waals surface area contributed by atoms with Crippen LogP contribution in [-0.4, -0.2) is 49.0 Å². The molecule has 1 N–H and O–H groups in total. The van der Waals surface area contributed by atoms with Gasteiger partial charge >= 0.3 is 6.18 Å². The van der Waals surface area contributed by atoms with Crippen molar-refractivity contribution >= 4 is 34.0 Å². The lowest BCUT2D eigenvalue weighted by molar-refractivity contribution is -0.137. The van der Waals surface area contributed by atoms with E-state index in [9.17, 15) is 18.0 Å². The molecule has 10 heteroatoms. The summed E-state index contributed by atoms with van der Waals surface area (Å²) in [5.74, 6) is 1.65. The van der Waals surface area contributed by atoms with Crippen LogP contribution in [0.2, 0.25) is 0 Å². The molecule has 4 aromatic rings. The van der Waals surface area contributed by atoms with Gasteiger partial charge in [0.25, 0.3) is 0 Å². The number of carbonyl (C=O) groups excluding carboxylic acids is 1. The van der Waals surface area contributed by atoms with E-state index in [0.29, 0.717) is 28.5 Å². The third-order valence-electron chi connectivity index (χ3n) is 6.74. The van der Waals surface area contributed by atoms with Gasteiger partial charge < -0.3 is 19.9 Å². The van der Waals surface area contributed by atoms with Crippen LogP contribution in [0.5, 0.6) is 5.75 Å². The van der Waals surface area contributed by atoms with Gasteiger partial charge in [0.1, 0.15) is 17.4 Å². The van der Waals surface area contributed by atoms with Gasteiger partial charge in [0.05, 0.1) is 24.6 Å². The molecule has 0 aliphatic carbocycles. The van der Waals surface area contributed by atoms with E-state index >= 15 is 0 Å². The zero-order valence-electron chi connectivity index (χ0n) is 23.3. The first-order valence-corrected chi connectivity index (χ1v) is 12.7. The van der Waals surface area contributed by atoms with Crippen molar-refractivity contribution in [1.29, 1.82) is 0 Å². The highest BCUT2D eigenvalue weighted by atomic mass is 19.4. The van der Waals surface area contributed by atoms with Crippen LogP contribution < -0.4 is 15.0 Å². The molecule has 0 saturated heterocycles. The number of anilines is 3. The summed E-state index contributed by atoms with van der Waals surface area (Å²) in [6.45, 7) is 3.57. The Morgan fingerprint density at radius 2 is 1.70 bits per heavy atom. The van der Waals surface area contributed by atoms with Gasteiger partial charge in [-0.1, -0.05) is 12.1 Å². The minimum atomic E-state index is -4.42. The third-order valence-corrected chi connectivity index (χ3v) is 6.74. The molecule has 0 spiro atoms. The second-order valence-corrected chi connectivity index (χ2v) is 9.83. The maximum absolute atomic E-state index is 13.3. The van der Waals surface area contributed by atoms with E-state index in [2.05, 4.69) is 15.3 Å². The van der Waals surface area contributed by atoms with E-state index in [-0.39, 0.29) is 12.3 Å². The number of hydrogen-bond donors (Lipinski definition) is 1. The number of benzene rings is 3. The molecule has 40 heavy (non-hydrogen) atoms. The van der Waals surface area contributed by atoms with Crippen LogP contribution in [0.1, 0.15) is 35.5 Å². The second-order valence-electron chi connectivity index (χ2n) is 9.83. The summed E-state index contributed by atoms with van der Waals surface area (Å²) in [6.07, 6.45) is -4.22. The highest BCUT2D eigenvalue weighted by Crippen LogP contribution is 2.34. The number of aromatic nitrogens is 2. The van der Waals surface area contributed by atoms with Crippen LogP contribution in [0, 0.1) is 6.92 Å². The minimum Gasteiger partial charge on any atom is -0.496 e. The van der Waals surface area contributed by atoms with E-state index in [1.807, 2.05) is 48.3 Å². The Kier molecular flexibility index (Phi) is 8.18. The fourth-order valence-electron chi connectivity index (χ4n) is 4.41. The Balaban J connectivity index is 1.68. The van der Waals surface area contributed by atoms with Crippen LogP contribution in [0.25, 0.3) is 10.9 Å². The fourth-order valence-corrected chi connectivity index (χ4v) is 4.41. The molecule has 1 amide bonds. The number of halogens is 3. The lowest BCUT2D eigenvalue weighted by Gasteiger charge is -2.23. The number of likely N-dealkylation sites (N-methyl/N-ethyl adjacent to an activating group) is 1. The number of rotatable bonds is 8. The smallest absolute Gasteiger partial charge is 0.416 e. The number of fused-ring (bicyclic) bond motifs is 1. The maximum Gasteiger partial charge on any atom is 0.416 e. The van der Waals surface area contributed by atoms with Crippen LogP contribution in [-0.2, 0) is 17.4 Å². The zero-order chi connectivity index (χ0) is 29.2. The molecule has 1 atom stereocenters.